The Kier molecular flexibility index (Phi) is 14.9. The Labute approximate surface area is 445 Å². The van der Waals surface area contributed by atoms with Gasteiger partial charge in [0.2, 0.25) is 0 Å². The Bertz CT molecular complexity index is 3340. The molecule has 14 rings (SSSR count). The van der Waals surface area contributed by atoms with Crippen molar-refractivity contribution >= 4 is 91.2 Å². The number of rotatable bonds is 8. The van der Waals surface area contributed by atoms with Crippen LogP contribution >= 0.6 is 17.0 Å². The summed E-state index contributed by atoms with van der Waals surface area (Å²) in [5, 5.41) is 16.0. The molecular weight excluding hydrogens is 1010 g/mol. The molecule has 0 atom stereocenters. The second kappa shape index (κ2) is 22.1. The predicted molar refractivity (Wildman–Crippen MR) is 313 cm³/mol. The standard InChI is InChI=1S/2C33H25.C2H6Si.2ClH.Zr/c2*1-3-11-26-24(7-1)9-5-13-28(26)30-17-18-31(29-14-6-10-25-8-2-4-12-27(25)29)33-21-23(20-32(30)33)19-22-15-16-22;1-3-2;;;/h2*1-14,17-18,20-22H,15-16,19H2;1-2H3;2*1H;/q2*-1;;;;+4/p-2. The van der Waals surface area contributed by atoms with Crippen molar-refractivity contribution in [3.63, 3.8) is 0 Å². The third-order valence-corrected chi connectivity index (χ3v) is 14.7. The van der Waals surface area contributed by atoms with E-state index in [1.807, 2.05) is 0 Å². The summed E-state index contributed by atoms with van der Waals surface area (Å²) in [6, 6.07) is 81.0. The first-order valence-corrected chi connectivity index (χ1v) is 33.8. The van der Waals surface area contributed by atoms with E-state index >= 15 is 0 Å². The van der Waals surface area contributed by atoms with Gasteiger partial charge in [0.05, 0.1) is 0 Å². The molecule has 72 heavy (non-hydrogen) atoms. The van der Waals surface area contributed by atoms with Gasteiger partial charge in [0.15, 0.2) is 0 Å². The summed E-state index contributed by atoms with van der Waals surface area (Å²) in [5.74, 6) is 1.76. The Morgan fingerprint density at radius 2 is 0.611 bits per heavy atom. The summed E-state index contributed by atoms with van der Waals surface area (Å²) in [6.45, 7) is 4.31. The quantitative estimate of drug-likeness (QED) is 0.105. The molecule has 0 nitrogen and oxygen atoms in total. The topological polar surface area (TPSA) is 0 Å². The average Bonchev–Trinajstić information content (AvgIpc) is 4.34. The number of hydrogen-bond acceptors (Lipinski definition) is 0. The zero-order chi connectivity index (χ0) is 49.0. The number of halogens is 2. The number of hydrogen-bond donors (Lipinski definition) is 0. The van der Waals surface area contributed by atoms with E-state index in [2.05, 4.69) is 231 Å². The molecule has 4 heteroatoms. The van der Waals surface area contributed by atoms with Gasteiger partial charge in [-0.25, -0.2) is 0 Å². The molecule has 0 amide bonds. The van der Waals surface area contributed by atoms with Crippen molar-refractivity contribution in [2.24, 2.45) is 11.8 Å². The average molecular weight is 1060 g/mol. The van der Waals surface area contributed by atoms with E-state index in [0.29, 0.717) is 0 Å². The van der Waals surface area contributed by atoms with Crippen LogP contribution in [0.25, 0.3) is 109 Å². The number of fused-ring (bicyclic) bond motifs is 6. The molecule has 2 radical (unpaired) electrons. The van der Waals surface area contributed by atoms with Gasteiger partial charge in [0.25, 0.3) is 0 Å². The summed E-state index contributed by atoms with van der Waals surface area (Å²) < 4.78 is 0. The molecule has 2 aliphatic carbocycles. The van der Waals surface area contributed by atoms with Crippen LogP contribution in [0.4, 0.5) is 0 Å². The molecule has 2 fully saturated rings. The molecular formula is C68H56Cl2SiZr. The van der Waals surface area contributed by atoms with Crippen LogP contribution in [-0.2, 0) is 33.7 Å². The normalized spacial score (nSPS) is 13.1. The van der Waals surface area contributed by atoms with Crippen LogP contribution in [0.15, 0.2) is 218 Å². The van der Waals surface area contributed by atoms with Crippen molar-refractivity contribution in [3.05, 3.63) is 230 Å². The minimum Gasteiger partial charge on any atom is -0.164 e. The molecule has 2 saturated carbocycles. The van der Waals surface area contributed by atoms with Crippen molar-refractivity contribution < 1.29 is 20.8 Å². The Morgan fingerprint density at radius 3 is 0.917 bits per heavy atom. The van der Waals surface area contributed by atoms with Gasteiger partial charge in [-0.3, -0.25) is 0 Å². The molecule has 0 spiro atoms. The zero-order valence-corrected chi connectivity index (χ0v) is 45.9. The van der Waals surface area contributed by atoms with Crippen LogP contribution in [0.3, 0.4) is 0 Å². The van der Waals surface area contributed by atoms with Crippen LogP contribution in [0, 0.1) is 11.8 Å². The first-order chi connectivity index (χ1) is 35.5. The van der Waals surface area contributed by atoms with E-state index in [0.717, 1.165) is 21.4 Å². The molecule has 0 N–H and O–H groups in total. The molecule has 0 unspecified atom stereocenters. The minimum atomic E-state index is -0.826. The van der Waals surface area contributed by atoms with Crippen molar-refractivity contribution in [2.45, 2.75) is 51.6 Å². The van der Waals surface area contributed by atoms with Crippen LogP contribution < -0.4 is 0 Å². The fraction of sp³-hybridized carbons (Fsp3) is 0.147. The SMILES string of the molecule is C[Si]C.[Cl][Zr+2][Cl].c1ccc2c(-c3ccc(-c4cccc5ccccc45)c4[cH-]c(CC5CC5)cc34)cccc2c1.c1ccc2c(-c3ccc(-c4cccc5ccccc45)c4[cH-]c(CC5CC5)cc34)cccc2c1. The van der Waals surface area contributed by atoms with Gasteiger partial charge in [-0.2, -0.15) is 12.1 Å². The first kappa shape index (κ1) is 48.4. The summed E-state index contributed by atoms with van der Waals surface area (Å²) in [6.07, 6.45) is 7.95. The van der Waals surface area contributed by atoms with E-state index < -0.39 is 20.8 Å². The number of benzene rings is 10. The summed E-state index contributed by atoms with van der Waals surface area (Å²) >= 11 is -0.826. The van der Waals surface area contributed by atoms with Gasteiger partial charge < -0.3 is 0 Å². The largest absolute Gasteiger partial charge is 0.164 e. The molecule has 12 aromatic carbocycles. The van der Waals surface area contributed by atoms with Crippen LogP contribution in [0.1, 0.15) is 36.8 Å². The smallest absolute Gasteiger partial charge is 0.0114 e. The van der Waals surface area contributed by atoms with E-state index in [9.17, 15) is 0 Å². The second-order valence-electron chi connectivity index (χ2n) is 19.7. The van der Waals surface area contributed by atoms with E-state index in [4.69, 9.17) is 17.0 Å². The zero-order valence-electron chi connectivity index (χ0n) is 40.9. The van der Waals surface area contributed by atoms with Crippen molar-refractivity contribution in [3.8, 4) is 44.5 Å². The van der Waals surface area contributed by atoms with E-state index in [1.54, 1.807) is 0 Å². The van der Waals surface area contributed by atoms with Gasteiger partial charge >= 0.3 is 37.9 Å². The molecule has 0 bridgehead atoms. The Balaban J connectivity index is 0.000000141. The molecule has 0 aliphatic heterocycles. The third kappa shape index (κ3) is 10.2. The van der Waals surface area contributed by atoms with Gasteiger partial charge in [-0.15, -0.1) is 44.8 Å². The summed E-state index contributed by atoms with van der Waals surface area (Å²) in [7, 11) is 11.0. The van der Waals surface area contributed by atoms with Gasteiger partial charge in [0, 0.05) is 9.52 Å². The van der Waals surface area contributed by atoms with Crippen LogP contribution in [0.2, 0.25) is 13.1 Å². The van der Waals surface area contributed by atoms with E-state index in [1.165, 1.54) is 159 Å². The fourth-order valence-corrected chi connectivity index (χ4v) is 11.0. The van der Waals surface area contributed by atoms with Crippen LogP contribution in [-0.4, -0.2) is 9.52 Å². The Morgan fingerprint density at radius 1 is 0.361 bits per heavy atom. The monoisotopic (exact) mass is 1060 g/mol. The minimum absolute atomic E-state index is 0.826. The van der Waals surface area contributed by atoms with Crippen molar-refractivity contribution in [1.29, 1.82) is 0 Å². The Hall–Kier alpha value is -5.86. The molecule has 0 aromatic heterocycles. The summed E-state index contributed by atoms with van der Waals surface area (Å²) in [4.78, 5) is 0. The molecule has 0 heterocycles. The van der Waals surface area contributed by atoms with Crippen LogP contribution in [0.5, 0.6) is 0 Å². The second-order valence-corrected chi connectivity index (χ2v) is 24.4. The molecule has 350 valence electrons. The molecule has 12 aromatic rings. The maximum absolute atomic E-state index is 4.93. The molecule has 0 saturated heterocycles. The van der Waals surface area contributed by atoms with Crippen molar-refractivity contribution in [2.75, 3.05) is 0 Å². The van der Waals surface area contributed by atoms with E-state index in [-0.39, 0.29) is 0 Å². The predicted octanol–water partition coefficient (Wildman–Crippen LogP) is 20.5. The molecule has 2 aliphatic rings. The first-order valence-electron chi connectivity index (χ1n) is 25.5. The fourth-order valence-electron chi connectivity index (χ4n) is 11.0. The van der Waals surface area contributed by atoms with Gasteiger partial charge in [-0.1, -0.05) is 241 Å². The van der Waals surface area contributed by atoms with Crippen molar-refractivity contribution in [1.82, 2.24) is 0 Å². The summed E-state index contributed by atoms with van der Waals surface area (Å²) in [5.41, 5.74) is 13.6. The maximum atomic E-state index is 4.93. The third-order valence-electron chi connectivity index (χ3n) is 14.7. The van der Waals surface area contributed by atoms with Gasteiger partial charge in [-0.05, 0) is 105 Å². The maximum Gasteiger partial charge on any atom is -0.0114 e. The van der Waals surface area contributed by atoms with Gasteiger partial charge in [0.1, 0.15) is 0 Å².